The highest BCUT2D eigenvalue weighted by atomic mass is 32.2. The number of carbonyl (C=O) groups is 2. The molecule has 1 aliphatic rings. The average molecular weight is 475 g/mol. The van der Waals surface area contributed by atoms with Gasteiger partial charge < -0.3 is 14.8 Å². The number of ether oxygens (including phenoxy) is 2. The van der Waals surface area contributed by atoms with Crippen molar-refractivity contribution in [3.05, 3.63) is 53.6 Å². The molecule has 2 aromatic carbocycles. The summed E-state index contributed by atoms with van der Waals surface area (Å²) in [6.45, 7) is 2.28. The number of nitrogens with zero attached hydrogens (tertiary/aromatic N) is 1. The lowest BCUT2D eigenvalue weighted by atomic mass is 10.1. The molecule has 3 rings (SSSR count). The van der Waals surface area contributed by atoms with Crippen LogP contribution in [0.4, 0.5) is 5.69 Å². The molecule has 0 radical (unpaired) electrons. The molecule has 1 saturated heterocycles. The molecule has 0 saturated carbocycles. The van der Waals surface area contributed by atoms with Gasteiger partial charge in [-0.15, -0.1) is 0 Å². The summed E-state index contributed by atoms with van der Waals surface area (Å²) < 4.78 is 38.0. The van der Waals surface area contributed by atoms with Crippen molar-refractivity contribution in [3.8, 4) is 5.75 Å². The van der Waals surface area contributed by atoms with Crippen LogP contribution in [0, 0.1) is 6.92 Å². The summed E-state index contributed by atoms with van der Waals surface area (Å²) in [6.07, 6.45) is 3.77. The molecule has 0 atom stereocenters. The van der Waals surface area contributed by atoms with Gasteiger partial charge in [-0.25, -0.2) is 8.42 Å². The molecule has 33 heavy (non-hydrogen) atoms. The highest BCUT2D eigenvalue weighted by molar-refractivity contribution is 7.89. The minimum absolute atomic E-state index is 0.0278. The maximum Gasteiger partial charge on any atom is 0.310 e. The SMILES string of the molecule is COc1ccc(CC(=O)OCC(=O)Nc2ccc(C)c(S(=O)(=O)N3CCCCCC3)c2)cc1. The Morgan fingerprint density at radius 2 is 1.67 bits per heavy atom. The Hall–Kier alpha value is -2.91. The summed E-state index contributed by atoms with van der Waals surface area (Å²) in [7, 11) is -2.09. The van der Waals surface area contributed by atoms with E-state index in [0.717, 1.165) is 31.2 Å². The number of benzene rings is 2. The number of anilines is 1. The molecule has 0 bridgehead atoms. The normalized spacial score (nSPS) is 14.8. The Morgan fingerprint density at radius 3 is 2.30 bits per heavy atom. The lowest BCUT2D eigenvalue weighted by molar-refractivity contribution is -0.146. The smallest absolute Gasteiger partial charge is 0.310 e. The first-order valence-electron chi connectivity index (χ1n) is 11.0. The van der Waals surface area contributed by atoms with Gasteiger partial charge in [-0.1, -0.05) is 31.0 Å². The van der Waals surface area contributed by atoms with Crippen LogP contribution in [-0.4, -0.2) is 51.4 Å². The van der Waals surface area contributed by atoms with Crippen molar-refractivity contribution >= 4 is 27.6 Å². The van der Waals surface area contributed by atoms with Gasteiger partial charge in [0.05, 0.1) is 18.4 Å². The first kappa shape index (κ1) is 24.7. The molecule has 0 unspecified atom stereocenters. The van der Waals surface area contributed by atoms with Gasteiger partial charge in [-0.05, 0) is 55.2 Å². The van der Waals surface area contributed by atoms with Crippen LogP contribution in [0.15, 0.2) is 47.4 Å². The van der Waals surface area contributed by atoms with Crippen LogP contribution in [0.5, 0.6) is 5.75 Å². The molecule has 1 aliphatic heterocycles. The van der Waals surface area contributed by atoms with Crippen LogP contribution < -0.4 is 10.1 Å². The highest BCUT2D eigenvalue weighted by Crippen LogP contribution is 2.26. The topological polar surface area (TPSA) is 102 Å². The van der Waals surface area contributed by atoms with Crippen molar-refractivity contribution in [1.29, 1.82) is 0 Å². The Morgan fingerprint density at radius 1 is 1.00 bits per heavy atom. The van der Waals surface area contributed by atoms with Crippen molar-refractivity contribution in [2.75, 3.05) is 32.1 Å². The van der Waals surface area contributed by atoms with E-state index in [1.165, 1.54) is 10.4 Å². The van der Waals surface area contributed by atoms with E-state index < -0.39 is 28.5 Å². The van der Waals surface area contributed by atoms with Crippen molar-refractivity contribution in [3.63, 3.8) is 0 Å². The van der Waals surface area contributed by atoms with E-state index in [1.807, 2.05) is 0 Å². The van der Waals surface area contributed by atoms with Crippen LogP contribution in [0.2, 0.25) is 0 Å². The number of sulfonamides is 1. The monoisotopic (exact) mass is 474 g/mol. The van der Waals surface area contributed by atoms with Crippen LogP contribution in [0.3, 0.4) is 0 Å². The number of nitrogens with one attached hydrogen (secondary N) is 1. The number of aryl methyl sites for hydroxylation is 1. The molecule has 1 N–H and O–H groups in total. The fourth-order valence-electron chi connectivity index (χ4n) is 3.68. The van der Waals surface area contributed by atoms with Crippen LogP contribution in [0.1, 0.15) is 36.8 Å². The van der Waals surface area contributed by atoms with Crippen molar-refractivity contribution in [2.24, 2.45) is 0 Å². The molecule has 1 heterocycles. The van der Waals surface area contributed by atoms with Gasteiger partial charge in [-0.2, -0.15) is 4.31 Å². The van der Waals surface area contributed by atoms with Gasteiger partial charge in [0.15, 0.2) is 6.61 Å². The fourth-order valence-corrected chi connectivity index (χ4v) is 5.45. The Labute approximate surface area is 194 Å². The van der Waals surface area contributed by atoms with Crippen molar-refractivity contribution < 1.29 is 27.5 Å². The number of amides is 1. The summed E-state index contributed by atoms with van der Waals surface area (Å²) in [5, 5.41) is 2.62. The minimum atomic E-state index is -3.65. The third kappa shape index (κ3) is 6.79. The van der Waals surface area contributed by atoms with Gasteiger partial charge >= 0.3 is 5.97 Å². The third-order valence-corrected chi connectivity index (χ3v) is 7.57. The predicted molar refractivity (Wildman–Crippen MR) is 125 cm³/mol. The van der Waals surface area contributed by atoms with E-state index in [2.05, 4.69) is 5.32 Å². The van der Waals surface area contributed by atoms with E-state index in [-0.39, 0.29) is 11.3 Å². The van der Waals surface area contributed by atoms with Crippen LogP contribution in [-0.2, 0) is 30.8 Å². The number of esters is 1. The molecule has 9 heteroatoms. The van der Waals surface area contributed by atoms with Gasteiger partial charge in [-0.3, -0.25) is 9.59 Å². The van der Waals surface area contributed by atoms with Crippen LogP contribution in [0.25, 0.3) is 0 Å². The van der Waals surface area contributed by atoms with Crippen molar-refractivity contribution in [1.82, 2.24) is 4.31 Å². The zero-order chi connectivity index (χ0) is 23.8. The van der Waals surface area contributed by atoms with Gasteiger partial charge in [0.2, 0.25) is 10.0 Å². The number of carbonyl (C=O) groups excluding carboxylic acids is 2. The summed E-state index contributed by atoms with van der Waals surface area (Å²) in [6, 6.07) is 11.7. The number of hydrogen-bond acceptors (Lipinski definition) is 6. The molecule has 1 fully saturated rings. The first-order valence-corrected chi connectivity index (χ1v) is 12.4. The Balaban J connectivity index is 1.58. The first-order chi connectivity index (χ1) is 15.8. The fraction of sp³-hybridized carbons (Fsp3) is 0.417. The summed E-state index contributed by atoms with van der Waals surface area (Å²) in [4.78, 5) is 24.5. The lowest BCUT2D eigenvalue weighted by Crippen LogP contribution is -2.32. The second kappa shape index (κ2) is 11.3. The number of methoxy groups -OCH3 is 1. The van der Waals surface area contributed by atoms with Gasteiger partial charge in [0.1, 0.15) is 5.75 Å². The molecule has 0 aliphatic carbocycles. The maximum absolute atomic E-state index is 13.2. The molecule has 1 amide bonds. The molecule has 0 spiro atoms. The molecule has 8 nitrogen and oxygen atoms in total. The summed E-state index contributed by atoms with van der Waals surface area (Å²) in [5.41, 5.74) is 1.69. The van der Waals surface area contributed by atoms with Gasteiger partial charge in [0.25, 0.3) is 5.91 Å². The standard InChI is InChI=1S/C24H30N2O6S/c1-18-7-10-20(16-22(18)33(29,30)26-13-5-3-4-6-14-26)25-23(27)17-32-24(28)15-19-8-11-21(31-2)12-9-19/h7-12,16H,3-6,13-15,17H2,1-2H3,(H,25,27). The largest absolute Gasteiger partial charge is 0.497 e. The molecule has 0 aromatic heterocycles. The zero-order valence-electron chi connectivity index (χ0n) is 19.0. The zero-order valence-corrected chi connectivity index (χ0v) is 19.8. The third-order valence-electron chi connectivity index (χ3n) is 5.53. The lowest BCUT2D eigenvalue weighted by Gasteiger charge is -2.21. The highest BCUT2D eigenvalue weighted by Gasteiger charge is 2.27. The Kier molecular flexibility index (Phi) is 8.46. The summed E-state index contributed by atoms with van der Waals surface area (Å²) >= 11 is 0. The maximum atomic E-state index is 13.2. The van der Waals surface area contributed by atoms with E-state index in [4.69, 9.17) is 9.47 Å². The second-order valence-electron chi connectivity index (χ2n) is 8.03. The average Bonchev–Trinajstić information content (AvgIpc) is 3.10. The molecule has 2 aromatic rings. The minimum Gasteiger partial charge on any atom is -0.497 e. The van der Waals surface area contributed by atoms with Crippen molar-refractivity contribution in [2.45, 2.75) is 43.9 Å². The summed E-state index contributed by atoms with van der Waals surface area (Å²) in [5.74, 6) is -0.398. The quantitative estimate of drug-likeness (QED) is 0.589. The van der Waals surface area contributed by atoms with Gasteiger partial charge in [0, 0.05) is 18.8 Å². The number of hydrogen-bond donors (Lipinski definition) is 1. The van der Waals surface area contributed by atoms with E-state index in [1.54, 1.807) is 50.4 Å². The van der Waals surface area contributed by atoms with E-state index >= 15 is 0 Å². The van der Waals surface area contributed by atoms with E-state index in [9.17, 15) is 18.0 Å². The van der Waals surface area contributed by atoms with E-state index in [0.29, 0.717) is 30.1 Å². The Bertz CT molecular complexity index is 1070. The predicted octanol–water partition coefficient (Wildman–Crippen LogP) is 3.29. The molecular weight excluding hydrogens is 444 g/mol. The molecule has 178 valence electrons. The van der Waals surface area contributed by atoms with Crippen LogP contribution >= 0.6 is 0 Å². The number of rotatable bonds is 8. The second-order valence-corrected chi connectivity index (χ2v) is 9.94. The molecular formula is C24H30N2O6S.